The highest BCUT2D eigenvalue weighted by atomic mass is 19.1. The average Bonchev–Trinajstić information content (AvgIpc) is 2.79. The Hall–Kier alpha value is -3.47. The molecule has 0 heterocycles. The summed E-state index contributed by atoms with van der Waals surface area (Å²) in [5.41, 5.74) is 3.74. The maximum absolute atomic E-state index is 13.6. The van der Waals surface area contributed by atoms with Gasteiger partial charge in [-0.25, -0.2) is 4.39 Å². The fraction of sp³-hybridized carbons (Fsp3) is 0.286. The molecule has 0 fully saturated rings. The molecule has 3 rings (SSSR count). The standard InChI is InChI=1S/C28H31FN2O2/c1-20(2)30-28(33)26(17-22-7-5-4-6-8-22)31(19-24-13-15-25(29)16-14-24)27(32)18-23-11-9-21(3)10-12-23/h4-16,20,26H,17-19H2,1-3H3,(H,30,33)/t26-/m1/s1. The van der Waals surface area contributed by atoms with Crippen molar-refractivity contribution in [2.24, 2.45) is 0 Å². The van der Waals surface area contributed by atoms with Crippen molar-refractivity contribution in [2.45, 2.75) is 52.2 Å². The van der Waals surface area contributed by atoms with E-state index in [0.717, 1.165) is 22.3 Å². The van der Waals surface area contributed by atoms with Crippen LogP contribution in [0.4, 0.5) is 4.39 Å². The summed E-state index contributed by atoms with van der Waals surface area (Å²) in [6, 6.07) is 22.8. The lowest BCUT2D eigenvalue weighted by Gasteiger charge is -2.32. The summed E-state index contributed by atoms with van der Waals surface area (Å²) in [7, 11) is 0. The molecule has 0 bridgehead atoms. The van der Waals surface area contributed by atoms with Crippen molar-refractivity contribution in [2.75, 3.05) is 0 Å². The molecule has 0 saturated carbocycles. The van der Waals surface area contributed by atoms with Crippen LogP contribution in [-0.4, -0.2) is 28.8 Å². The monoisotopic (exact) mass is 446 g/mol. The predicted molar refractivity (Wildman–Crippen MR) is 129 cm³/mol. The van der Waals surface area contributed by atoms with E-state index in [4.69, 9.17) is 0 Å². The van der Waals surface area contributed by atoms with E-state index in [-0.39, 0.29) is 36.6 Å². The van der Waals surface area contributed by atoms with E-state index in [1.54, 1.807) is 17.0 Å². The molecule has 33 heavy (non-hydrogen) atoms. The van der Waals surface area contributed by atoms with Gasteiger partial charge in [0.05, 0.1) is 6.42 Å². The maximum atomic E-state index is 13.6. The molecule has 4 nitrogen and oxygen atoms in total. The predicted octanol–water partition coefficient (Wildman–Crippen LogP) is 4.84. The quantitative estimate of drug-likeness (QED) is 0.511. The summed E-state index contributed by atoms with van der Waals surface area (Å²) < 4.78 is 13.5. The SMILES string of the molecule is Cc1ccc(CC(=O)N(Cc2ccc(F)cc2)[C@H](Cc2ccccc2)C(=O)NC(C)C)cc1. The first-order chi connectivity index (χ1) is 15.8. The van der Waals surface area contributed by atoms with Crippen LogP contribution in [0.5, 0.6) is 0 Å². The molecule has 0 aromatic heterocycles. The second-order valence-corrected chi connectivity index (χ2v) is 8.68. The van der Waals surface area contributed by atoms with Gasteiger partial charge in [-0.15, -0.1) is 0 Å². The molecule has 0 unspecified atom stereocenters. The summed E-state index contributed by atoms with van der Waals surface area (Å²) >= 11 is 0. The van der Waals surface area contributed by atoms with Gasteiger partial charge in [0, 0.05) is 19.0 Å². The number of nitrogens with zero attached hydrogens (tertiary/aromatic N) is 1. The summed E-state index contributed by atoms with van der Waals surface area (Å²) in [4.78, 5) is 28.5. The van der Waals surface area contributed by atoms with Gasteiger partial charge in [0.25, 0.3) is 0 Å². The van der Waals surface area contributed by atoms with Gasteiger partial charge in [0.2, 0.25) is 11.8 Å². The van der Waals surface area contributed by atoms with E-state index in [9.17, 15) is 14.0 Å². The van der Waals surface area contributed by atoms with Crippen molar-refractivity contribution in [1.82, 2.24) is 10.2 Å². The third-order valence-corrected chi connectivity index (χ3v) is 5.44. The lowest BCUT2D eigenvalue weighted by atomic mass is 10.0. The van der Waals surface area contributed by atoms with Crippen LogP contribution in [0.3, 0.4) is 0 Å². The Morgan fingerprint density at radius 2 is 1.45 bits per heavy atom. The van der Waals surface area contributed by atoms with Gasteiger partial charge < -0.3 is 10.2 Å². The van der Waals surface area contributed by atoms with Gasteiger partial charge in [0.1, 0.15) is 11.9 Å². The van der Waals surface area contributed by atoms with E-state index in [1.807, 2.05) is 75.4 Å². The fourth-order valence-electron chi connectivity index (χ4n) is 3.70. The highest BCUT2D eigenvalue weighted by Crippen LogP contribution is 2.17. The molecule has 1 atom stereocenters. The van der Waals surface area contributed by atoms with Crippen molar-refractivity contribution in [3.63, 3.8) is 0 Å². The second-order valence-electron chi connectivity index (χ2n) is 8.68. The Balaban J connectivity index is 1.95. The Bertz CT molecular complexity index is 1050. The zero-order valence-corrected chi connectivity index (χ0v) is 19.4. The molecule has 1 N–H and O–H groups in total. The van der Waals surface area contributed by atoms with Crippen LogP contribution in [0, 0.1) is 12.7 Å². The van der Waals surface area contributed by atoms with E-state index >= 15 is 0 Å². The van der Waals surface area contributed by atoms with E-state index in [0.29, 0.717) is 6.42 Å². The Labute approximate surface area is 195 Å². The van der Waals surface area contributed by atoms with Crippen molar-refractivity contribution in [3.05, 3.63) is 107 Å². The molecular formula is C28H31FN2O2. The zero-order chi connectivity index (χ0) is 23.8. The number of hydrogen-bond acceptors (Lipinski definition) is 2. The second kappa shape index (κ2) is 11.4. The van der Waals surface area contributed by atoms with Crippen molar-refractivity contribution < 1.29 is 14.0 Å². The Kier molecular flexibility index (Phi) is 8.36. The molecule has 3 aromatic carbocycles. The molecule has 0 aliphatic carbocycles. The van der Waals surface area contributed by atoms with E-state index in [1.165, 1.54) is 12.1 Å². The van der Waals surface area contributed by atoms with Crippen LogP contribution in [-0.2, 0) is 29.0 Å². The first kappa shape index (κ1) is 24.2. The number of aryl methyl sites for hydroxylation is 1. The number of halogens is 1. The van der Waals surface area contributed by atoms with Gasteiger partial charge in [0.15, 0.2) is 0 Å². The molecule has 3 aromatic rings. The van der Waals surface area contributed by atoms with Crippen LogP contribution >= 0.6 is 0 Å². The number of carbonyl (C=O) groups is 2. The summed E-state index contributed by atoms with van der Waals surface area (Å²) in [5.74, 6) is -0.689. The van der Waals surface area contributed by atoms with Crippen molar-refractivity contribution >= 4 is 11.8 Å². The van der Waals surface area contributed by atoms with Crippen LogP contribution in [0.1, 0.15) is 36.1 Å². The molecule has 0 radical (unpaired) electrons. The minimum absolute atomic E-state index is 0.0596. The van der Waals surface area contributed by atoms with Crippen LogP contribution in [0.25, 0.3) is 0 Å². The number of benzene rings is 3. The van der Waals surface area contributed by atoms with Gasteiger partial charge in [-0.05, 0) is 49.6 Å². The van der Waals surface area contributed by atoms with Gasteiger partial charge in [-0.3, -0.25) is 9.59 Å². The Morgan fingerprint density at radius 3 is 2.06 bits per heavy atom. The summed E-state index contributed by atoms with van der Waals surface area (Å²) in [5, 5.41) is 2.97. The normalized spacial score (nSPS) is 11.8. The molecule has 5 heteroatoms. The molecular weight excluding hydrogens is 415 g/mol. The minimum Gasteiger partial charge on any atom is -0.352 e. The number of hydrogen-bond donors (Lipinski definition) is 1. The first-order valence-corrected chi connectivity index (χ1v) is 11.3. The topological polar surface area (TPSA) is 49.4 Å². The largest absolute Gasteiger partial charge is 0.352 e. The van der Waals surface area contributed by atoms with Crippen LogP contribution in [0.15, 0.2) is 78.9 Å². The zero-order valence-electron chi connectivity index (χ0n) is 19.4. The van der Waals surface area contributed by atoms with E-state index < -0.39 is 6.04 Å². The van der Waals surface area contributed by atoms with Crippen molar-refractivity contribution in [3.8, 4) is 0 Å². The highest BCUT2D eigenvalue weighted by Gasteiger charge is 2.30. The Morgan fingerprint density at radius 1 is 0.848 bits per heavy atom. The number of amides is 2. The molecule has 0 aliphatic rings. The van der Waals surface area contributed by atoms with Crippen LogP contribution < -0.4 is 5.32 Å². The summed E-state index contributed by atoms with van der Waals surface area (Å²) in [6.07, 6.45) is 0.571. The number of rotatable bonds is 9. The van der Waals surface area contributed by atoms with E-state index in [2.05, 4.69) is 5.32 Å². The molecule has 2 amide bonds. The third-order valence-electron chi connectivity index (χ3n) is 5.44. The van der Waals surface area contributed by atoms with Crippen LogP contribution in [0.2, 0.25) is 0 Å². The summed E-state index contributed by atoms with van der Waals surface area (Å²) in [6.45, 7) is 6.01. The average molecular weight is 447 g/mol. The molecule has 0 aliphatic heterocycles. The lowest BCUT2D eigenvalue weighted by molar-refractivity contribution is -0.141. The van der Waals surface area contributed by atoms with Gasteiger partial charge in [-0.1, -0.05) is 72.3 Å². The third kappa shape index (κ3) is 7.28. The maximum Gasteiger partial charge on any atom is 0.243 e. The van der Waals surface area contributed by atoms with Gasteiger partial charge in [-0.2, -0.15) is 0 Å². The smallest absolute Gasteiger partial charge is 0.243 e. The minimum atomic E-state index is -0.696. The number of carbonyl (C=O) groups excluding carboxylic acids is 2. The lowest BCUT2D eigenvalue weighted by Crippen LogP contribution is -2.52. The molecule has 0 spiro atoms. The highest BCUT2D eigenvalue weighted by molar-refractivity contribution is 5.89. The molecule has 172 valence electrons. The first-order valence-electron chi connectivity index (χ1n) is 11.3. The number of nitrogens with one attached hydrogen (secondary N) is 1. The van der Waals surface area contributed by atoms with Gasteiger partial charge >= 0.3 is 0 Å². The fourth-order valence-corrected chi connectivity index (χ4v) is 3.70. The van der Waals surface area contributed by atoms with Crippen molar-refractivity contribution in [1.29, 1.82) is 0 Å². The molecule has 0 saturated heterocycles.